The molecule has 2 aromatic carbocycles. The van der Waals surface area contributed by atoms with Crippen molar-refractivity contribution in [2.45, 2.75) is 17.7 Å². The van der Waals surface area contributed by atoms with Crippen LogP contribution < -0.4 is 5.43 Å². The fourth-order valence-corrected chi connectivity index (χ4v) is 4.91. The molecular formula is C17H16Cl2N4O4S. The summed E-state index contributed by atoms with van der Waals surface area (Å²) in [6, 6.07) is 8.44. The zero-order chi connectivity index (χ0) is 20.3. The third kappa shape index (κ3) is 4.44. The Balaban J connectivity index is 1.93. The van der Waals surface area contributed by atoms with Gasteiger partial charge in [-0.1, -0.05) is 29.3 Å². The van der Waals surface area contributed by atoms with Gasteiger partial charge in [0.25, 0.3) is 5.69 Å². The van der Waals surface area contributed by atoms with E-state index in [1.807, 2.05) is 0 Å². The lowest BCUT2D eigenvalue weighted by Crippen LogP contribution is -2.28. The Hall–Kier alpha value is -2.20. The molecule has 8 nitrogen and oxygen atoms in total. The van der Waals surface area contributed by atoms with E-state index in [1.54, 1.807) is 18.2 Å². The third-order valence-electron chi connectivity index (χ3n) is 4.21. The average molecular weight is 443 g/mol. The van der Waals surface area contributed by atoms with Crippen molar-refractivity contribution in [1.29, 1.82) is 0 Å². The summed E-state index contributed by atoms with van der Waals surface area (Å²) >= 11 is 11.9. The summed E-state index contributed by atoms with van der Waals surface area (Å²) in [6.07, 6.45) is 2.92. The van der Waals surface area contributed by atoms with Gasteiger partial charge in [0.15, 0.2) is 0 Å². The minimum Gasteiger partial charge on any atom is -0.277 e. The van der Waals surface area contributed by atoms with E-state index in [0.717, 1.165) is 18.9 Å². The molecule has 0 saturated carbocycles. The molecule has 0 amide bonds. The van der Waals surface area contributed by atoms with Gasteiger partial charge in [-0.15, -0.1) is 0 Å². The van der Waals surface area contributed by atoms with E-state index in [0.29, 0.717) is 28.7 Å². The van der Waals surface area contributed by atoms with Gasteiger partial charge < -0.3 is 0 Å². The number of nitrogens with zero attached hydrogens (tertiary/aromatic N) is 3. The Morgan fingerprint density at radius 2 is 1.86 bits per heavy atom. The van der Waals surface area contributed by atoms with E-state index >= 15 is 0 Å². The molecule has 1 aliphatic rings. The van der Waals surface area contributed by atoms with Gasteiger partial charge in [0.1, 0.15) is 4.90 Å². The number of non-ortho nitro benzene ring substituents is 1. The Morgan fingerprint density at radius 3 is 2.50 bits per heavy atom. The van der Waals surface area contributed by atoms with Crippen LogP contribution in [0.4, 0.5) is 11.4 Å². The predicted octanol–water partition coefficient (Wildman–Crippen LogP) is 4.13. The van der Waals surface area contributed by atoms with Crippen LogP contribution in [0.25, 0.3) is 0 Å². The quantitative estimate of drug-likeness (QED) is 0.411. The molecular weight excluding hydrogens is 427 g/mol. The number of rotatable bonds is 6. The number of hydrogen-bond donors (Lipinski definition) is 1. The monoisotopic (exact) mass is 442 g/mol. The van der Waals surface area contributed by atoms with Crippen molar-refractivity contribution in [1.82, 2.24) is 4.31 Å². The van der Waals surface area contributed by atoms with Crippen LogP contribution in [0.1, 0.15) is 18.4 Å². The number of nitrogens with one attached hydrogen (secondary N) is 1. The molecule has 1 saturated heterocycles. The normalized spacial score (nSPS) is 15.2. The van der Waals surface area contributed by atoms with Crippen molar-refractivity contribution in [3.63, 3.8) is 0 Å². The molecule has 0 bridgehead atoms. The number of nitro groups is 1. The van der Waals surface area contributed by atoms with Gasteiger partial charge in [0.2, 0.25) is 10.0 Å². The van der Waals surface area contributed by atoms with E-state index in [9.17, 15) is 18.5 Å². The maximum absolute atomic E-state index is 12.9. The first-order valence-corrected chi connectivity index (χ1v) is 10.5. The van der Waals surface area contributed by atoms with E-state index in [1.165, 1.54) is 22.7 Å². The summed E-state index contributed by atoms with van der Waals surface area (Å²) in [7, 11) is -3.89. The van der Waals surface area contributed by atoms with Crippen LogP contribution in [0.2, 0.25) is 10.0 Å². The van der Waals surface area contributed by atoms with Crippen LogP contribution in [0.5, 0.6) is 0 Å². The maximum Gasteiger partial charge on any atom is 0.270 e. The molecule has 0 spiro atoms. The fourth-order valence-electron chi connectivity index (χ4n) is 2.78. The highest BCUT2D eigenvalue weighted by atomic mass is 35.5. The standard InChI is InChI=1S/C17H16Cl2N4O4S/c18-13-4-3-12(15(19)9-13)11-20-21-16-6-5-14(23(24)25)10-17(16)28(26,27)22-7-1-2-8-22/h3-6,9-11,21H,1-2,7-8H2/b20-11+. The Bertz CT molecular complexity index is 1040. The molecule has 2 aromatic rings. The second kappa shape index (κ2) is 8.44. The van der Waals surface area contributed by atoms with Gasteiger partial charge in [-0.3, -0.25) is 15.5 Å². The van der Waals surface area contributed by atoms with Gasteiger partial charge in [-0.05, 0) is 31.0 Å². The number of anilines is 1. The SMILES string of the molecule is O=[N+]([O-])c1ccc(N/N=C/c2ccc(Cl)cc2Cl)c(S(=O)(=O)N2CCCC2)c1. The highest BCUT2D eigenvalue weighted by Gasteiger charge is 2.31. The molecule has 0 aliphatic carbocycles. The molecule has 0 aromatic heterocycles. The minimum atomic E-state index is -3.89. The summed E-state index contributed by atoms with van der Waals surface area (Å²) in [4.78, 5) is 10.3. The summed E-state index contributed by atoms with van der Waals surface area (Å²) in [5, 5.41) is 16.0. The summed E-state index contributed by atoms with van der Waals surface area (Å²) in [5.74, 6) is 0. The summed E-state index contributed by atoms with van der Waals surface area (Å²) in [6.45, 7) is 0.766. The van der Waals surface area contributed by atoms with Crippen molar-refractivity contribution in [3.05, 3.63) is 62.1 Å². The molecule has 0 unspecified atom stereocenters. The van der Waals surface area contributed by atoms with Crippen molar-refractivity contribution in [2.75, 3.05) is 18.5 Å². The zero-order valence-electron chi connectivity index (χ0n) is 14.5. The van der Waals surface area contributed by atoms with E-state index in [2.05, 4.69) is 10.5 Å². The first-order chi connectivity index (χ1) is 13.3. The van der Waals surface area contributed by atoms with Gasteiger partial charge in [-0.2, -0.15) is 9.41 Å². The molecule has 11 heteroatoms. The number of hydrogen-bond acceptors (Lipinski definition) is 6. The first kappa shape index (κ1) is 20.5. The fraction of sp³-hybridized carbons (Fsp3) is 0.235. The molecule has 1 N–H and O–H groups in total. The lowest BCUT2D eigenvalue weighted by molar-refractivity contribution is -0.385. The summed E-state index contributed by atoms with van der Waals surface area (Å²) in [5.41, 5.74) is 3.05. The lowest BCUT2D eigenvalue weighted by Gasteiger charge is -2.17. The molecule has 28 heavy (non-hydrogen) atoms. The van der Waals surface area contributed by atoms with Crippen LogP contribution >= 0.6 is 23.2 Å². The van der Waals surface area contributed by atoms with Crippen molar-refractivity contribution < 1.29 is 13.3 Å². The predicted molar refractivity (Wildman–Crippen MR) is 109 cm³/mol. The molecule has 0 radical (unpaired) electrons. The van der Waals surface area contributed by atoms with Crippen LogP contribution in [0.3, 0.4) is 0 Å². The molecule has 1 heterocycles. The average Bonchev–Trinajstić information content (AvgIpc) is 3.19. The smallest absolute Gasteiger partial charge is 0.270 e. The van der Waals surface area contributed by atoms with Gasteiger partial charge in [0, 0.05) is 35.8 Å². The van der Waals surface area contributed by atoms with Crippen LogP contribution in [-0.4, -0.2) is 37.0 Å². The van der Waals surface area contributed by atoms with Gasteiger partial charge >= 0.3 is 0 Å². The Morgan fingerprint density at radius 1 is 1.14 bits per heavy atom. The zero-order valence-corrected chi connectivity index (χ0v) is 16.8. The number of halogens is 2. The highest BCUT2D eigenvalue weighted by Crippen LogP contribution is 2.30. The lowest BCUT2D eigenvalue weighted by atomic mass is 10.2. The first-order valence-electron chi connectivity index (χ1n) is 8.32. The summed E-state index contributed by atoms with van der Waals surface area (Å²) < 4.78 is 27.2. The van der Waals surface area contributed by atoms with Crippen LogP contribution in [-0.2, 0) is 10.0 Å². The number of sulfonamides is 1. The van der Waals surface area contributed by atoms with E-state index < -0.39 is 14.9 Å². The second-order valence-electron chi connectivity index (χ2n) is 6.08. The number of hydrazone groups is 1. The van der Waals surface area contributed by atoms with Crippen molar-refractivity contribution in [2.24, 2.45) is 5.10 Å². The number of benzene rings is 2. The Kier molecular flexibility index (Phi) is 6.19. The van der Waals surface area contributed by atoms with Crippen LogP contribution in [0.15, 0.2) is 46.4 Å². The van der Waals surface area contributed by atoms with Crippen molar-refractivity contribution in [3.8, 4) is 0 Å². The molecule has 0 atom stereocenters. The molecule has 1 fully saturated rings. The molecule has 1 aliphatic heterocycles. The molecule has 3 rings (SSSR count). The third-order valence-corrected chi connectivity index (χ3v) is 6.71. The van der Waals surface area contributed by atoms with Crippen molar-refractivity contribution >= 4 is 50.8 Å². The van der Waals surface area contributed by atoms with Gasteiger partial charge in [0.05, 0.1) is 21.8 Å². The number of nitro benzene ring substituents is 1. The van der Waals surface area contributed by atoms with E-state index in [-0.39, 0.29) is 16.3 Å². The second-order valence-corrected chi connectivity index (χ2v) is 8.83. The largest absolute Gasteiger partial charge is 0.277 e. The maximum atomic E-state index is 12.9. The van der Waals surface area contributed by atoms with Gasteiger partial charge in [-0.25, -0.2) is 8.42 Å². The van der Waals surface area contributed by atoms with E-state index in [4.69, 9.17) is 23.2 Å². The van der Waals surface area contributed by atoms with Crippen LogP contribution in [0, 0.1) is 10.1 Å². The minimum absolute atomic E-state index is 0.138. The topological polar surface area (TPSA) is 105 Å². The highest BCUT2D eigenvalue weighted by molar-refractivity contribution is 7.89. The Labute approximate surface area is 172 Å². The molecule has 148 valence electrons.